The number of nitrogens with zero attached hydrogens (tertiary/aromatic N) is 1. The molecule has 2 aromatic carbocycles. The quantitative estimate of drug-likeness (QED) is 0.579. The number of allylic oxidation sites excluding steroid dienone is 1. The molecule has 0 radical (unpaired) electrons. The van der Waals surface area contributed by atoms with Crippen LogP contribution >= 0.6 is 0 Å². The molecule has 2 N–H and O–H groups in total. The van der Waals surface area contributed by atoms with Gasteiger partial charge >= 0.3 is 0 Å². The van der Waals surface area contributed by atoms with Crippen molar-refractivity contribution in [2.45, 2.75) is 38.5 Å². The molecule has 33 heavy (non-hydrogen) atoms. The number of nitrogens with one attached hydrogen (secondary N) is 2. The fraction of sp³-hybridized carbons (Fsp3) is 0.333. The lowest BCUT2D eigenvalue weighted by Gasteiger charge is -2.45. The number of carbonyl (C=O) groups is 2. The van der Waals surface area contributed by atoms with Crippen LogP contribution in [-0.2, 0) is 16.0 Å². The first-order valence-electron chi connectivity index (χ1n) is 11.6. The van der Waals surface area contributed by atoms with Gasteiger partial charge in [-0.1, -0.05) is 24.3 Å². The number of ether oxygens (including phenoxy) is 1. The van der Waals surface area contributed by atoms with Crippen LogP contribution in [0, 0.1) is 5.41 Å². The zero-order valence-electron chi connectivity index (χ0n) is 18.9. The zero-order chi connectivity index (χ0) is 22.8. The minimum Gasteiger partial charge on any atom is -0.497 e. The van der Waals surface area contributed by atoms with Gasteiger partial charge in [-0.2, -0.15) is 0 Å². The number of rotatable bonds is 6. The summed E-state index contributed by atoms with van der Waals surface area (Å²) in [4.78, 5) is 31.6. The summed E-state index contributed by atoms with van der Waals surface area (Å²) in [6.45, 7) is 0.539. The number of H-pyrrole nitrogens is 1. The van der Waals surface area contributed by atoms with Crippen molar-refractivity contribution in [1.29, 1.82) is 0 Å². The second-order valence-electron chi connectivity index (χ2n) is 8.86. The van der Waals surface area contributed by atoms with Gasteiger partial charge in [-0.15, -0.1) is 0 Å². The van der Waals surface area contributed by atoms with Gasteiger partial charge in [0.1, 0.15) is 5.75 Å². The lowest BCUT2D eigenvalue weighted by Crippen LogP contribution is -2.53. The third-order valence-electron chi connectivity index (χ3n) is 7.00. The van der Waals surface area contributed by atoms with Crippen LogP contribution in [0.2, 0.25) is 0 Å². The molecular formula is C27H29N3O3. The molecule has 6 heteroatoms. The average molecular weight is 444 g/mol. The van der Waals surface area contributed by atoms with Crippen LogP contribution in [0.3, 0.4) is 0 Å². The highest BCUT2D eigenvalue weighted by Crippen LogP contribution is 2.48. The van der Waals surface area contributed by atoms with Crippen molar-refractivity contribution in [3.05, 3.63) is 72.1 Å². The van der Waals surface area contributed by atoms with Crippen molar-refractivity contribution in [2.75, 3.05) is 18.6 Å². The summed E-state index contributed by atoms with van der Waals surface area (Å²) < 4.78 is 5.36. The highest BCUT2D eigenvalue weighted by atomic mass is 16.5. The van der Waals surface area contributed by atoms with Gasteiger partial charge in [0.05, 0.1) is 12.5 Å². The van der Waals surface area contributed by atoms with Crippen molar-refractivity contribution >= 4 is 28.4 Å². The van der Waals surface area contributed by atoms with E-state index in [4.69, 9.17) is 4.74 Å². The Kier molecular flexibility index (Phi) is 5.67. The summed E-state index contributed by atoms with van der Waals surface area (Å²) in [5.74, 6) is 0.904. The number of aromatic nitrogens is 1. The Balaban J connectivity index is 1.35. The summed E-state index contributed by atoms with van der Waals surface area (Å²) in [5, 5.41) is 4.31. The Labute approximate surface area is 193 Å². The van der Waals surface area contributed by atoms with Gasteiger partial charge in [0.2, 0.25) is 11.8 Å². The van der Waals surface area contributed by atoms with E-state index in [9.17, 15) is 9.59 Å². The lowest BCUT2D eigenvalue weighted by atomic mass is 9.69. The molecule has 1 aromatic heterocycles. The maximum absolute atomic E-state index is 13.6. The van der Waals surface area contributed by atoms with Crippen LogP contribution in [0.25, 0.3) is 10.9 Å². The third kappa shape index (κ3) is 3.80. The third-order valence-corrected chi connectivity index (χ3v) is 7.00. The molecule has 2 amide bonds. The molecule has 2 aliphatic rings. The molecule has 1 saturated heterocycles. The first-order valence-corrected chi connectivity index (χ1v) is 11.6. The largest absolute Gasteiger partial charge is 0.497 e. The number of aromatic amines is 1. The first-order chi connectivity index (χ1) is 16.1. The number of carbonyl (C=O) groups excluding carboxylic acids is 2. The van der Waals surface area contributed by atoms with Crippen LogP contribution in [0.4, 0.5) is 5.69 Å². The number of fused-ring (bicyclic) bond motifs is 2. The van der Waals surface area contributed by atoms with Crippen molar-refractivity contribution in [1.82, 2.24) is 10.3 Å². The molecule has 0 spiro atoms. The Morgan fingerprint density at radius 2 is 2.03 bits per heavy atom. The van der Waals surface area contributed by atoms with Gasteiger partial charge in [0.15, 0.2) is 0 Å². The predicted molar refractivity (Wildman–Crippen MR) is 129 cm³/mol. The predicted octanol–water partition coefficient (Wildman–Crippen LogP) is 4.72. The van der Waals surface area contributed by atoms with E-state index in [1.807, 2.05) is 54.7 Å². The Bertz CT molecular complexity index is 1210. The maximum Gasteiger partial charge on any atom is 0.232 e. The van der Waals surface area contributed by atoms with E-state index < -0.39 is 5.41 Å². The number of amides is 2. The number of hydrogen-bond donors (Lipinski definition) is 2. The smallest absolute Gasteiger partial charge is 0.232 e. The monoisotopic (exact) mass is 443 g/mol. The summed E-state index contributed by atoms with van der Waals surface area (Å²) in [5.41, 5.74) is 3.24. The van der Waals surface area contributed by atoms with Gasteiger partial charge in [0, 0.05) is 41.4 Å². The Morgan fingerprint density at radius 3 is 2.85 bits per heavy atom. The van der Waals surface area contributed by atoms with Gasteiger partial charge in [-0.05, 0) is 68.0 Å². The van der Waals surface area contributed by atoms with Gasteiger partial charge in [0.25, 0.3) is 0 Å². The molecular weight excluding hydrogens is 414 g/mol. The zero-order valence-corrected chi connectivity index (χ0v) is 18.9. The minimum absolute atomic E-state index is 0.0271. The second-order valence-corrected chi connectivity index (χ2v) is 8.86. The number of anilines is 1. The highest BCUT2D eigenvalue weighted by Gasteiger charge is 2.49. The van der Waals surface area contributed by atoms with Gasteiger partial charge in [-0.25, -0.2) is 0 Å². The van der Waals surface area contributed by atoms with Crippen molar-refractivity contribution in [3.8, 4) is 5.75 Å². The van der Waals surface area contributed by atoms with Crippen LogP contribution in [0.15, 0.2) is 66.5 Å². The molecule has 6 nitrogen and oxygen atoms in total. The Hall–Kier alpha value is -3.54. The number of hydrogen-bond acceptors (Lipinski definition) is 3. The van der Waals surface area contributed by atoms with Crippen molar-refractivity contribution in [3.63, 3.8) is 0 Å². The topological polar surface area (TPSA) is 74.4 Å². The van der Waals surface area contributed by atoms with Crippen molar-refractivity contribution in [2.24, 2.45) is 5.41 Å². The van der Waals surface area contributed by atoms with E-state index in [-0.39, 0.29) is 11.8 Å². The Morgan fingerprint density at radius 1 is 1.18 bits per heavy atom. The van der Waals surface area contributed by atoms with Crippen LogP contribution in [-0.4, -0.2) is 30.5 Å². The summed E-state index contributed by atoms with van der Waals surface area (Å²) in [6, 6.07) is 15.6. The van der Waals surface area contributed by atoms with E-state index >= 15 is 0 Å². The number of para-hydroxylation sites is 1. The van der Waals surface area contributed by atoms with E-state index in [0.29, 0.717) is 19.4 Å². The molecule has 1 atom stereocenters. The fourth-order valence-electron chi connectivity index (χ4n) is 5.27. The van der Waals surface area contributed by atoms with Crippen LogP contribution < -0.4 is 15.0 Å². The molecule has 1 unspecified atom stereocenters. The van der Waals surface area contributed by atoms with Gasteiger partial charge in [-0.3, -0.25) is 14.5 Å². The lowest BCUT2D eigenvalue weighted by molar-refractivity contribution is -0.132. The summed E-state index contributed by atoms with van der Waals surface area (Å²) in [6.07, 6.45) is 8.37. The molecule has 170 valence electrons. The minimum atomic E-state index is -0.647. The summed E-state index contributed by atoms with van der Waals surface area (Å²) in [7, 11) is 1.66. The first kappa shape index (κ1) is 21.3. The van der Waals surface area contributed by atoms with E-state index in [1.54, 1.807) is 12.0 Å². The number of piperidine rings is 1. The second kappa shape index (κ2) is 8.77. The maximum atomic E-state index is 13.6. The van der Waals surface area contributed by atoms with E-state index in [2.05, 4.69) is 16.4 Å². The van der Waals surface area contributed by atoms with E-state index in [1.165, 1.54) is 0 Å². The fourth-order valence-corrected chi connectivity index (χ4v) is 5.27. The van der Waals surface area contributed by atoms with Crippen LogP contribution in [0.5, 0.6) is 5.75 Å². The molecule has 1 aliphatic carbocycles. The molecule has 0 saturated carbocycles. The number of methoxy groups -OCH3 is 1. The molecule has 1 fully saturated rings. The molecule has 3 aromatic rings. The highest BCUT2D eigenvalue weighted by molar-refractivity contribution is 6.02. The van der Waals surface area contributed by atoms with E-state index in [0.717, 1.165) is 59.3 Å². The standard InChI is InChI=1S/C27H29N3O3/c1-33-21-10-11-23-22(17-21)19(18-29-23)13-16-28-26(32)27-14-6-5-9-24(27)30(25(31)12-15-27)20-7-3-2-4-8-20/h2-4,7-11,17-18,29H,5-6,12-16H2,1H3,(H,28,32). The van der Waals surface area contributed by atoms with Crippen molar-refractivity contribution < 1.29 is 14.3 Å². The molecule has 2 heterocycles. The molecule has 5 rings (SSSR count). The van der Waals surface area contributed by atoms with Crippen LogP contribution in [0.1, 0.15) is 37.7 Å². The number of benzene rings is 2. The molecule has 1 aliphatic heterocycles. The van der Waals surface area contributed by atoms with Gasteiger partial charge < -0.3 is 15.0 Å². The normalized spacial score (nSPS) is 20.3. The SMILES string of the molecule is COc1ccc2[nH]cc(CCNC(=O)C34CCCC=C3N(c3ccccc3)C(=O)CC4)c2c1. The summed E-state index contributed by atoms with van der Waals surface area (Å²) >= 11 is 0. The average Bonchev–Trinajstić information content (AvgIpc) is 3.26. The molecule has 0 bridgehead atoms.